The molecule has 0 saturated carbocycles. The van der Waals surface area contributed by atoms with E-state index in [0.29, 0.717) is 11.4 Å². The maximum Gasteiger partial charge on any atom is 0.334 e. The van der Waals surface area contributed by atoms with Crippen molar-refractivity contribution in [2.24, 2.45) is 0 Å². The van der Waals surface area contributed by atoms with Crippen LogP contribution in [-0.4, -0.2) is 35.8 Å². The first kappa shape index (κ1) is 16.8. The third kappa shape index (κ3) is 4.45. The van der Waals surface area contributed by atoms with Crippen molar-refractivity contribution < 1.29 is 9.59 Å². The van der Waals surface area contributed by atoms with Crippen molar-refractivity contribution >= 4 is 47.7 Å². The number of alkyl halides is 1. The van der Waals surface area contributed by atoms with Crippen LogP contribution in [0.3, 0.4) is 0 Å². The van der Waals surface area contributed by atoms with Crippen molar-refractivity contribution in [2.75, 3.05) is 28.7 Å². The van der Waals surface area contributed by atoms with E-state index in [9.17, 15) is 9.59 Å². The van der Waals surface area contributed by atoms with Crippen molar-refractivity contribution in [1.29, 1.82) is 0 Å². The highest BCUT2D eigenvalue weighted by atomic mass is 35.5. The van der Waals surface area contributed by atoms with Crippen LogP contribution in [0.1, 0.15) is 19.3 Å². The molecule has 2 rings (SSSR count). The number of thiol groups is 1. The average Bonchev–Trinajstić information content (AvgIpc) is 2.59. The minimum atomic E-state index is -0.318. The molecule has 8 heteroatoms. The molecule has 1 saturated heterocycles. The minimum absolute atomic E-state index is 0.111. The van der Waals surface area contributed by atoms with Crippen LogP contribution in [0.15, 0.2) is 24.3 Å². The fourth-order valence-corrected chi connectivity index (χ4v) is 2.52. The average molecular weight is 343 g/mol. The van der Waals surface area contributed by atoms with Gasteiger partial charge in [-0.25, -0.2) is 9.10 Å². The molecule has 0 aliphatic carbocycles. The van der Waals surface area contributed by atoms with Gasteiger partial charge in [0.05, 0.1) is 11.4 Å². The molecular weight excluding hydrogens is 324 g/mol. The highest BCUT2D eigenvalue weighted by Gasteiger charge is 2.21. The Bertz CT molecular complexity index is 520. The van der Waals surface area contributed by atoms with E-state index < -0.39 is 0 Å². The number of rotatable bonds is 4. The number of benzene rings is 1. The van der Waals surface area contributed by atoms with Gasteiger partial charge < -0.3 is 4.90 Å². The van der Waals surface area contributed by atoms with E-state index in [2.05, 4.69) is 23.7 Å². The van der Waals surface area contributed by atoms with E-state index in [1.807, 2.05) is 4.90 Å². The quantitative estimate of drug-likeness (QED) is 0.448. The second-order valence-electron chi connectivity index (χ2n) is 5.00. The van der Waals surface area contributed by atoms with E-state index in [-0.39, 0.29) is 17.8 Å². The molecule has 120 valence electrons. The first-order chi connectivity index (χ1) is 10.6. The smallest absolute Gasteiger partial charge is 0.324 e. The summed E-state index contributed by atoms with van der Waals surface area (Å²) in [7, 11) is 0. The van der Waals surface area contributed by atoms with Crippen molar-refractivity contribution in [3.63, 3.8) is 0 Å². The standard InChI is InChI=1S/C14H19ClN4O2S/c15-10-13(20)17-16-11-4-6-12(7-5-11)19(22)14(21)18-8-2-1-3-9-18/h4-7,16,22H,1-3,8-10H2,(H,17,20). The predicted molar refractivity (Wildman–Crippen MR) is 91.2 cm³/mol. The fourth-order valence-electron chi connectivity index (χ4n) is 2.19. The molecule has 0 unspecified atom stereocenters. The van der Waals surface area contributed by atoms with Gasteiger partial charge in [0.2, 0.25) is 0 Å². The molecule has 1 aliphatic rings. The molecule has 1 aromatic carbocycles. The monoisotopic (exact) mass is 342 g/mol. The van der Waals surface area contributed by atoms with Crippen molar-refractivity contribution in [2.45, 2.75) is 19.3 Å². The van der Waals surface area contributed by atoms with Gasteiger partial charge in [-0.05, 0) is 43.5 Å². The van der Waals surface area contributed by atoms with Crippen LogP contribution in [-0.2, 0) is 4.79 Å². The molecule has 0 spiro atoms. The van der Waals surface area contributed by atoms with Gasteiger partial charge in [-0.3, -0.25) is 15.6 Å². The third-order valence-electron chi connectivity index (χ3n) is 3.39. The molecule has 22 heavy (non-hydrogen) atoms. The van der Waals surface area contributed by atoms with Crippen LogP contribution in [0.5, 0.6) is 0 Å². The van der Waals surface area contributed by atoms with Crippen LogP contribution in [0.25, 0.3) is 0 Å². The first-order valence-electron chi connectivity index (χ1n) is 7.10. The zero-order chi connectivity index (χ0) is 15.9. The number of piperidine rings is 1. The molecule has 1 aromatic rings. The molecule has 2 N–H and O–H groups in total. The summed E-state index contributed by atoms with van der Waals surface area (Å²) in [5.41, 5.74) is 6.54. The summed E-state index contributed by atoms with van der Waals surface area (Å²) in [5.74, 6) is -0.429. The van der Waals surface area contributed by atoms with Crippen molar-refractivity contribution in [3.8, 4) is 0 Å². The zero-order valence-electron chi connectivity index (χ0n) is 12.1. The Morgan fingerprint density at radius 3 is 2.41 bits per heavy atom. The Hall–Kier alpha value is -1.60. The van der Waals surface area contributed by atoms with Gasteiger partial charge >= 0.3 is 6.03 Å². The van der Waals surface area contributed by atoms with E-state index in [1.165, 1.54) is 10.7 Å². The van der Waals surface area contributed by atoms with Gasteiger partial charge in [-0.15, -0.1) is 11.6 Å². The van der Waals surface area contributed by atoms with Gasteiger partial charge in [-0.2, -0.15) is 0 Å². The molecule has 0 bridgehead atoms. The van der Waals surface area contributed by atoms with Gasteiger partial charge in [0.15, 0.2) is 0 Å². The summed E-state index contributed by atoms with van der Waals surface area (Å²) < 4.78 is 1.34. The number of nitrogens with one attached hydrogen (secondary N) is 2. The lowest BCUT2D eigenvalue weighted by Gasteiger charge is -2.30. The number of likely N-dealkylation sites (tertiary alicyclic amines) is 1. The highest BCUT2D eigenvalue weighted by molar-refractivity contribution is 7.82. The molecule has 1 heterocycles. The van der Waals surface area contributed by atoms with Crippen molar-refractivity contribution in [3.05, 3.63) is 24.3 Å². The number of anilines is 2. The van der Waals surface area contributed by atoms with Gasteiger partial charge in [-0.1, -0.05) is 12.8 Å². The van der Waals surface area contributed by atoms with Crippen LogP contribution in [0.4, 0.5) is 16.2 Å². The Balaban J connectivity index is 1.93. The molecule has 6 nitrogen and oxygen atoms in total. The van der Waals surface area contributed by atoms with Crippen LogP contribution < -0.4 is 15.2 Å². The number of urea groups is 1. The maximum atomic E-state index is 12.3. The number of hydrogen-bond donors (Lipinski definition) is 3. The van der Waals surface area contributed by atoms with E-state index in [0.717, 1.165) is 25.9 Å². The van der Waals surface area contributed by atoms with Crippen LogP contribution in [0, 0.1) is 0 Å². The van der Waals surface area contributed by atoms with Crippen LogP contribution >= 0.6 is 24.4 Å². The lowest BCUT2D eigenvalue weighted by Crippen LogP contribution is -2.41. The molecule has 1 aliphatic heterocycles. The van der Waals surface area contributed by atoms with E-state index in [1.54, 1.807) is 24.3 Å². The number of amides is 3. The summed E-state index contributed by atoms with van der Waals surface area (Å²) in [6.07, 6.45) is 3.25. The summed E-state index contributed by atoms with van der Waals surface area (Å²) in [4.78, 5) is 25.2. The summed E-state index contributed by atoms with van der Waals surface area (Å²) in [5, 5.41) is 0. The lowest BCUT2D eigenvalue weighted by atomic mass is 10.1. The van der Waals surface area contributed by atoms with Crippen LogP contribution in [0.2, 0.25) is 0 Å². The lowest BCUT2D eigenvalue weighted by molar-refractivity contribution is -0.118. The predicted octanol–water partition coefficient (Wildman–Crippen LogP) is 2.63. The Morgan fingerprint density at radius 1 is 1.18 bits per heavy atom. The number of halogens is 1. The molecule has 0 atom stereocenters. The van der Waals surface area contributed by atoms with E-state index >= 15 is 0 Å². The first-order valence-corrected chi connectivity index (χ1v) is 8.04. The second kappa shape index (κ2) is 8.14. The number of hydrogen-bond acceptors (Lipinski definition) is 4. The normalized spacial score (nSPS) is 14.4. The molecule has 0 aromatic heterocycles. The van der Waals surface area contributed by atoms with Gasteiger partial charge in [0, 0.05) is 13.1 Å². The number of hydrazine groups is 1. The molecule has 3 amide bonds. The Labute approximate surface area is 140 Å². The minimum Gasteiger partial charge on any atom is -0.324 e. The largest absolute Gasteiger partial charge is 0.334 e. The topological polar surface area (TPSA) is 64.7 Å². The molecule has 0 radical (unpaired) electrons. The fraction of sp³-hybridized carbons (Fsp3) is 0.429. The Morgan fingerprint density at radius 2 is 1.82 bits per heavy atom. The van der Waals surface area contributed by atoms with Gasteiger partial charge in [0.25, 0.3) is 5.91 Å². The SMILES string of the molecule is O=C(CCl)NNc1ccc(N(S)C(=O)N2CCCCC2)cc1. The summed E-state index contributed by atoms with van der Waals surface area (Å²) in [6.45, 7) is 1.56. The number of carbonyl (C=O) groups is 2. The zero-order valence-corrected chi connectivity index (χ0v) is 13.7. The number of nitrogens with zero attached hydrogens (tertiary/aromatic N) is 2. The highest BCUT2D eigenvalue weighted by Crippen LogP contribution is 2.22. The second-order valence-corrected chi connectivity index (χ2v) is 5.66. The summed E-state index contributed by atoms with van der Waals surface area (Å²) >= 11 is 9.68. The molecular formula is C14H19ClN4O2S. The number of carbonyl (C=O) groups excluding carboxylic acids is 2. The third-order valence-corrected chi connectivity index (χ3v) is 4.03. The summed E-state index contributed by atoms with van der Waals surface area (Å²) in [6, 6.07) is 6.89. The maximum absolute atomic E-state index is 12.3. The molecule has 1 fully saturated rings. The Kier molecular flexibility index (Phi) is 6.21. The van der Waals surface area contributed by atoms with Gasteiger partial charge in [0.1, 0.15) is 5.88 Å². The van der Waals surface area contributed by atoms with E-state index in [4.69, 9.17) is 11.6 Å². The van der Waals surface area contributed by atoms with Crippen molar-refractivity contribution in [1.82, 2.24) is 10.3 Å².